The molecule has 0 aromatic heterocycles. The molecule has 0 fully saturated rings. The summed E-state index contributed by atoms with van der Waals surface area (Å²) in [5, 5.41) is 0. The SMILES string of the molecule is CC=CC=[CH][Ti].Cl.Cl. The van der Waals surface area contributed by atoms with Crippen molar-refractivity contribution in [3.05, 3.63) is 22.6 Å². The quantitative estimate of drug-likeness (QED) is 0.437. The first-order valence-electron chi connectivity index (χ1n) is 1.87. The van der Waals surface area contributed by atoms with E-state index in [2.05, 4.69) is 0 Å². The van der Waals surface area contributed by atoms with Crippen LogP contribution >= 0.6 is 24.8 Å². The largest absolute Gasteiger partial charge is 0.147 e. The van der Waals surface area contributed by atoms with Gasteiger partial charge in [0.2, 0.25) is 0 Å². The number of allylic oxidation sites excluding steroid dienone is 3. The first-order valence-corrected chi connectivity index (χ1v) is 2.77. The van der Waals surface area contributed by atoms with Crippen LogP contribution in [-0.4, -0.2) is 0 Å². The van der Waals surface area contributed by atoms with Crippen molar-refractivity contribution in [3.63, 3.8) is 0 Å². The molecular formula is C5H9Cl2Ti. The molecule has 8 heavy (non-hydrogen) atoms. The summed E-state index contributed by atoms with van der Waals surface area (Å²) >= 11 is 2.00. The Kier molecular flexibility index (Phi) is 31.1. The molecule has 0 bridgehead atoms. The molecule has 0 spiro atoms. The predicted octanol–water partition coefficient (Wildman–Crippen LogP) is 2.47. The summed E-state index contributed by atoms with van der Waals surface area (Å²) in [6, 6.07) is 0. The molecule has 47 valence electrons. The Bertz CT molecular complexity index is 58.8. The van der Waals surface area contributed by atoms with Gasteiger partial charge in [-0.05, 0) is 0 Å². The molecule has 0 N–H and O–H groups in total. The van der Waals surface area contributed by atoms with Crippen LogP contribution in [0.15, 0.2) is 22.6 Å². The smallest absolute Gasteiger partial charge is 0.147 e. The van der Waals surface area contributed by atoms with Gasteiger partial charge in [-0.25, -0.2) is 0 Å². The van der Waals surface area contributed by atoms with Crippen LogP contribution < -0.4 is 0 Å². The van der Waals surface area contributed by atoms with Crippen LogP contribution in [-0.2, 0) is 20.4 Å². The maximum Gasteiger partial charge on any atom is -0.147 e. The second kappa shape index (κ2) is 15.7. The van der Waals surface area contributed by atoms with Crippen molar-refractivity contribution in [2.75, 3.05) is 0 Å². The fourth-order valence-electron chi connectivity index (χ4n) is 0.167. The molecule has 0 unspecified atom stereocenters. The van der Waals surface area contributed by atoms with Gasteiger partial charge in [0.1, 0.15) is 0 Å². The Morgan fingerprint density at radius 1 is 1.12 bits per heavy atom. The summed E-state index contributed by atoms with van der Waals surface area (Å²) in [5.41, 5.74) is 0. The number of hydrogen-bond donors (Lipinski definition) is 0. The van der Waals surface area contributed by atoms with Crippen molar-refractivity contribution in [1.29, 1.82) is 0 Å². The average Bonchev–Trinajstić information content (AvgIpc) is 1.61. The molecule has 0 atom stereocenters. The zero-order valence-corrected chi connectivity index (χ0v) is 7.82. The molecule has 0 radical (unpaired) electrons. The van der Waals surface area contributed by atoms with Crippen molar-refractivity contribution >= 4 is 24.8 Å². The first-order chi connectivity index (χ1) is 2.91. The molecule has 0 saturated heterocycles. The van der Waals surface area contributed by atoms with Crippen molar-refractivity contribution < 1.29 is 20.4 Å². The number of rotatable bonds is 1. The molecule has 0 aliphatic heterocycles. The molecule has 0 aromatic rings. The maximum absolute atomic E-state index is 2.00. The van der Waals surface area contributed by atoms with Gasteiger partial charge in [-0.2, -0.15) is 0 Å². The predicted molar refractivity (Wildman–Crippen MR) is 38.5 cm³/mol. The molecule has 0 rings (SSSR count). The van der Waals surface area contributed by atoms with E-state index in [4.69, 9.17) is 0 Å². The van der Waals surface area contributed by atoms with Crippen LogP contribution in [0.3, 0.4) is 0 Å². The van der Waals surface area contributed by atoms with Crippen LogP contribution in [0.25, 0.3) is 0 Å². The van der Waals surface area contributed by atoms with Crippen molar-refractivity contribution in [2.45, 2.75) is 6.92 Å². The summed E-state index contributed by atoms with van der Waals surface area (Å²) in [7, 11) is 0. The zero-order chi connectivity index (χ0) is 4.83. The Morgan fingerprint density at radius 3 is 1.75 bits per heavy atom. The van der Waals surface area contributed by atoms with Gasteiger partial charge >= 0.3 is 50.0 Å². The van der Waals surface area contributed by atoms with E-state index in [0.717, 1.165) is 0 Å². The summed E-state index contributed by atoms with van der Waals surface area (Å²) < 4.78 is 2.00. The third-order valence-electron chi connectivity index (χ3n) is 0.400. The molecular weight excluding hydrogens is 179 g/mol. The van der Waals surface area contributed by atoms with Crippen molar-refractivity contribution in [3.8, 4) is 0 Å². The summed E-state index contributed by atoms with van der Waals surface area (Å²) in [6.45, 7) is 2.00. The van der Waals surface area contributed by atoms with Gasteiger partial charge in [-0.3, -0.25) is 0 Å². The van der Waals surface area contributed by atoms with E-state index in [-0.39, 0.29) is 24.8 Å². The molecule has 0 aromatic carbocycles. The van der Waals surface area contributed by atoms with E-state index in [9.17, 15) is 0 Å². The minimum Gasteiger partial charge on any atom is -0.147 e. The van der Waals surface area contributed by atoms with Gasteiger partial charge < -0.3 is 0 Å². The van der Waals surface area contributed by atoms with Crippen molar-refractivity contribution in [1.82, 2.24) is 0 Å². The van der Waals surface area contributed by atoms with Gasteiger partial charge in [0.15, 0.2) is 0 Å². The van der Waals surface area contributed by atoms with Crippen LogP contribution in [0, 0.1) is 0 Å². The van der Waals surface area contributed by atoms with Gasteiger partial charge in [0.05, 0.1) is 0 Å². The third kappa shape index (κ3) is 15.9. The van der Waals surface area contributed by atoms with Gasteiger partial charge in [0, 0.05) is 0 Å². The van der Waals surface area contributed by atoms with E-state index in [1.54, 1.807) is 0 Å². The number of hydrogen-bond acceptors (Lipinski definition) is 0. The van der Waals surface area contributed by atoms with Crippen molar-refractivity contribution in [2.24, 2.45) is 0 Å². The fourth-order valence-corrected chi connectivity index (χ4v) is 0.340. The molecule has 0 saturated carbocycles. The second-order valence-corrected chi connectivity index (χ2v) is 1.41. The van der Waals surface area contributed by atoms with E-state index in [1.165, 1.54) is 0 Å². The maximum atomic E-state index is 2.00. The second-order valence-electron chi connectivity index (χ2n) is 0.885. The molecule has 3 heteroatoms. The standard InChI is InChI=1S/C5H7.2ClH.Ti/c1-3-5-4-2;;;/h1,3-5H,2H3;2*1H;. The third-order valence-corrected chi connectivity index (χ3v) is 0.700. The minimum absolute atomic E-state index is 0. The Labute approximate surface area is 74.7 Å². The first kappa shape index (κ1) is 15.9. The summed E-state index contributed by atoms with van der Waals surface area (Å²) in [4.78, 5) is 0. The zero-order valence-electron chi connectivity index (χ0n) is 4.63. The van der Waals surface area contributed by atoms with Crippen LogP contribution in [0.5, 0.6) is 0 Å². The monoisotopic (exact) mass is 187 g/mol. The van der Waals surface area contributed by atoms with Crippen LogP contribution in [0.4, 0.5) is 0 Å². The molecule has 0 nitrogen and oxygen atoms in total. The van der Waals surface area contributed by atoms with Gasteiger partial charge in [-0.15, -0.1) is 24.8 Å². The Balaban J connectivity index is -0.000000125. The minimum atomic E-state index is 0. The average molecular weight is 188 g/mol. The van der Waals surface area contributed by atoms with E-state index < -0.39 is 0 Å². The Hall–Kier alpha value is 0.774. The Morgan fingerprint density at radius 2 is 1.62 bits per heavy atom. The van der Waals surface area contributed by atoms with E-state index in [1.807, 2.05) is 50.0 Å². The van der Waals surface area contributed by atoms with Crippen LogP contribution in [0.2, 0.25) is 0 Å². The molecule has 0 amide bonds. The normalized spacial score (nSPS) is 8.50. The van der Waals surface area contributed by atoms with Gasteiger partial charge in [0.25, 0.3) is 0 Å². The van der Waals surface area contributed by atoms with E-state index >= 15 is 0 Å². The summed E-state index contributed by atoms with van der Waals surface area (Å²) in [5.74, 6) is 0. The molecule has 0 aliphatic carbocycles. The molecule has 0 heterocycles. The topological polar surface area (TPSA) is 0 Å². The van der Waals surface area contributed by atoms with E-state index in [0.29, 0.717) is 0 Å². The molecule has 0 aliphatic rings. The summed E-state index contributed by atoms with van der Waals surface area (Å²) in [6.07, 6.45) is 6.00. The van der Waals surface area contributed by atoms with Gasteiger partial charge in [-0.1, -0.05) is 0 Å². The number of halogens is 2. The fraction of sp³-hybridized carbons (Fsp3) is 0.200. The van der Waals surface area contributed by atoms with Crippen LogP contribution in [0.1, 0.15) is 6.92 Å².